The van der Waals surface area contributed by atoms with Crippen molar-refractivity contribution in [2.75, 3.05) is 0 Å². The lowest BCUT2D eigenvalue weighted by Gasteiger charge is -2.52. The fourth-order valence-corrected chi connectivity index (χ4v) is 4.17. The van der Waals surface area contributed by atoms with Crippen molar-refractivity contribution in [3.05, 3.63) is 34.1 Å². The molecule has 0 bridgehead atoms. The first kappa shape index (κ1) is 13.6. The first-order valence-electron chi connectivity index (χ1n) is 7.37. The Balaban J connectivity index is 1.61. The maximum absolute atomic E-state index is 13.3. The molecule has 19 heavy (non-hydrogen) atoms. The normalized spacial score (nSPS) is 25.3. The second-order valence-corrected chi connectivity index (χ2v) is 6.99. The molecule has 3 rings (SSSR count). The van der Waals surface area contributed by atoms with Gasteiger partial charge in [0.25, 0.3) is 0 Å². The molecule has 1 spiro atoms. The molecular formula is C16H21BrFN. The lowest BCUT2D eigenvalue weighted by molar-refractivity contribution is 0.0221. The number of rotatable bonds is 3. The Labute approximate surface area is 123 Å². The van der Waals surface area contributed by atoms with Crippen molar-refractivity contribution < 1.29 is 4.39 Å². The summed E-state index contributed by atoms with van der Waals surface area (Å²) in [6.45, 7) is 0.769. The molecule has 1 N–H and O–H groups in total. The van der Waals surface area contributed by atoms with Crippen LogP contribution in [0.3, 0.4) is 0 Å². The molecule has 0 heterocycles. The van der Waals surface area contributed by atoms with E-state index in [0.29, 0.717) is 11.5 Å². The van der Waals surface area contributed by atoms with E-state index in [9.17, 15) is 4.39 Å². The minimum absolute atomic E-state index is 0.152. The topological polar surface area (TPSA) is 12.0 Å². The van der Waals surface area contributed by atoms with Crippen molar-refractivity contribution in [3.8, 4) is 0 Å². The zero-order chi connectivity index (χ0) is 13.3. The highest BCUT2D eigenvalue weighted by atomic mass is 79.9. The Bertz CT molecular complexity index is 454. The number of hydrogen-bond donors (Lipinski definition) is 1. The third-order valence-electron chi connectivity index (χ3n) is 5.07. The predicted octanol–water partition coefficient (Wildman–Crippen LogP) is 4.79. The summed E-state index contributed by atoms with van der Waals surface area (Å²) >= 11 is 3.50. The number of benzene rings is 1. The van der Waals surface area contributed by atoms with Crippen LogP contribution in [0, 0.1) is 11.2 Å². The Hall–Kier alpha value is -0.410. The van der Waals surface area contributed by atoms with Crippen molar-refractivity contribution in [1.29, 1.82) is 0 Å². The maximum atomic E-state index is 13.3. The van der Waals surface area contributed by atoms with E-state index in [4.69, 9.17) is 0 Å². The van der Waals surface area contributed by atoms with Crippen molar-refractivity contribution >= 4 is 15.9 Å². The van der Waals surface area contributed by atoms with Crippen LogP contribution in [0.5, 0.6) is 0 Å². The van der Waals surface area contributed by atoms with Crippen LogP contribution in [0.1, 0.15) is 50.5 Å². The van der Waals surface area contributed by atoms with Gasteiger partial charge in [0, 0.05) is 17.1 Å². The summed E-state index contributed by atoms with van der Waals surface area (Å²) < 4.78 is 14.3. The zero-order valence-corrected chi connectivity index (χ0v) is 12.8. The van der Waals surface area contributed by atoms with E-state index < -0.39 is 0 Å². The standard InChI is InChI=1S/C16H21BrFN/c17-14-5-4-13(18)10-12(14)11-19-15-6-9-16(15)7-2-1-3-8-16/h4-5,10,15,19H,1-3,6-9,11H2. The van der Waals surface area contributed by atoms with Crippen LogP contribution in [0.15, 0.2) is 22.7 Å². The number of hydrogen-bond acceptors (Lipinski definition) is 1. The number of halogens is 2. The Morgan fingerprint density at radius 3 is 2.68 bits per heavy atom. The Morgan fingerprint density at radius 1 is 1.21 bits per heavy atom. The van der Waals surface area contributed by atoms with Crippen LogP contribution in [0.2, 0.25) is 0 Å². The van der Waals surface area contributed by atoms with Crippen molar-refractivity contribution in [2.45, 2.75) is 57.5 Å². The van der Waals surface area contributed by atoms with Crippen molar-refractivity contribution in [3.63, 3.8) is 0 Å². The molecule has 2 aliphatic rings. The van der Waals surface area contributed by atoms with Gasteiger partial charge in [-0.25, -0.2) is 4.39 Å². The van der Waals surface area contributed by atoms with E-state index in [1.807, 2.05) is 0 Å². The molecule has 1 atom stereocenters. The predicted molar refractivity (Wildman–Crippen MR) is 79.5 cm³/mol. The summed E-state index contributed by atoms with van der Waals surface area (Å²) in [5.74, 6) is -0.152. The van der Waals surface area contributed by atoms with Crippen LogP contribution in [-0.2, 0) is 6.54 Å². The van der Waals surface area contributed by atoms with Gasteiger partial charge >= 0.3 is 0 Å². The van der Waals surface area contributed by atoms with Gasteiger partial charge < -0.3 is 5.32 Å². The molecule has 2 saturated carbocycles. The molecular weight excluding hydrogens is 305 g/mol. The van der Waals surface area contributed by atoms with Gasteiger partial charge in [-0.1, -0.05) is 35.2 Å². The zero-order valence-electron chi connectivity index (χ0n) is 11.2. The van der Waals surface area contributed by atoms with E-state index in [0.717, 1.165) is 16.6 Å². The van der Waals surface area contributed by atoms with E-state index >= 15 is 0 Å². The van der Waals surface area contributed by atoms with Crippen LogP contribution in [0.25, 0.3) is 0 Å². The Morgan fingerprint density at radius 2 is 2.00 bits per heavy atom. The second kappa shape index (κ2) is 5.53. The first-order chi connectivity index (χ1) is 9.20. The molecule has 0 radical (unpaired) electrons. The summed E-state index contributed by atoms with van der Waals surface area (Å²) in [6.07, 6.45) is 9.62. The molecule has 3 heteroatoms. The lowest BCUT2D eigenvalue weighted by Crippen LogP contribution is -2.54. The van der Waals surface area contributed by atoms with Gasteiger partial charge in [-0.15, -0.1) is 0 Å². The van der Waals surface area contributed by atoms with Gasteiger partial charge in [-0.05, 0) is 54.9 Å². The summed E-state index contributed by atoms with van der Waals surface area (Å²) in [7, 11) is 0. The highest BCUT2D eigenvalue weighted by Gasteiger charge is 2.46. The summed E-state index contributed by atoms with van der Waals surface area (Å²) in [5.41, 5.74) is 1.59. The van der Waals surface area contributed by atoms with Crippen LogP contribution in [0.4, 0.5) is 4.39 Å². The highest BCUT2D eigenvalue weighted by Crippen LogP contribution is 2.51. The van der Waals surface area contributed by atoms with Gasteiger partial charge in [0.05, 0.1) is 0 Å². The van der Waals surface area contributed by atoms with Crippen LogP contribution in [-0.4, -0.2) is 6.04 Å². The van der Waals surface area contributed by atoms with Gasteiger partial charge in [-0.2, -0.15) is 0 Å². The quantitative estimate of drug-likeness (QED) is 0.842. The van der Waals surface area contributed by atoms with Gasteiger partial charge in [-0.3, -0.25) is 0 Å². The molecule has 1 aromatic rings. The first-order valence-corrected chi connectivity index (χ1v) is 8.16. The SMILES string of the molecule is Fc1ccc(Br)c(CNC2CCC23CCCCC3)c1. The smallest absolute Gasteiger partial charge is 0.123 e. The van der Waals surface area contributed by atoms with Gasteiger partial charge in [0.2, 0.25) is 0 Å². The Kier molecular flexibility index (Phi) is 3.95. The maximum Gasteiger partial charge on any atom is 0.123 e. The lowest BCUT2D eigenvalue weighted by atomic mass is 9.57. The fourth-order valence-electron chi connectivity index (χ4n) is 3.78. The summed E-state index contributed by atoms with van der Waals surface area (Å²) in [6, 6.07) is 5.56. The molecule has 2 aliphatic carbocycles. The summed E-state index contributed by atoms with van der Waals surface area (Å²) in [4.78, 5) is 0. The highest BCUT2D eigenvalue weighted by molar-refractivity contribution is 9.10. The monoisotopic (exact) mass is 325 g/mol. The fraction of sp³-hybridized carbons (Fsp3) is 0.625. The summed E-state index contributed by atoms with van der Waals surface area (Å²) in [5, 5.41) is 3.67. The van der Waals surface area contributed by atoms with Crippen molar-refractivity contribution in [1.82, 2.24) is 5.32 Å². The average Bonchev–Trinajstić information content (AvgIpc) is 2.42. The average molecular weight is 326 g/mol. The van der Waals surface area contributed by atoms with E-state index in [2.05, 4.69) is 21.2 Å². The largest absolute Gasteiger partial charge is 0.309 e. The molecule has 1 nitrogen and oxygen atoms in total. The van der Waals surface area contributed by atoms with Crippen molar-refractivity contribution in [2.24, 2.45) is 5.41 Å². The van der Waals surface area contributed by atoms with Gasteiger partial charge in [0.1, 0.15) is 5.82 Å². The van der Waals surface area contributed by atoms with E-state index in [1.165, 1.54) is 51.0 Å². The number of nitrogens with one attached hydrogen (secondary N) is 1. The molecule has 0 aromatic heterocycles. The van der Waals surface area contributed by atoms with Gasteiger partial charge in [0.15, 0.2) is 0 Å². The van der Waals surface area contributed by atoms with Crippen LogP contribution >= 0.6 is 15.9 Å². The molecule has 1 aromatic carbocycles. The molecule has 0 amide bonds. The molecule has 0 saturated heterocycles. The molecule has 0 aliphatic heterocycles. The molecule has 1 unspecified atom stereocenters. The van der Waals surface area contributed by atoms with Crippen LogP contribution < -0.4 is 5.32 Å². The third-order valence-corrected chi connectivity index (χ3v) is 5.84. The third kappa shape index (κ3) is 2.73. The minimum atomic E-state index is -0.152. The van der Waals surface area contributed by atoms with E-state index in [1.54, 1.807) is 12.1 Å². The van der Waals surface area contributed by atoms with E-state index in [-0.39, 0.29) is 5.82 Å². The molecule has 2 fully saturated rings. The minimum Gasteiger partial charge on any atom is -0.309 e. The second-order valence-electron chi connectivity index (χ2n) is 6.13. The molecule has 104 valence electrons.